The minimum atomic E-state index is -4.31. The Morgan fingerprint density at radius 3 is 2.62 bits per heavy atom. The fourth-order valence-electron chi connectivity index (χ4n) is 2.23. The van der Waals surface area contributed by atoms with E-state index in [1.807, 2.05) is 0 Å². The number of amidine groups is 1. The molecule has 116 valence electrons. The van der Waals surface area contributed by atoms with Crippen LogP contribution in [0.1, 0.15) is 18.4 Å². The smallest absolute Gasteiger partial charge is 0.405 e. The summed E-state index contributed by atoms with van der Waals surface area (Å²) in [7, 11) is 0. The number of alkyl halides is 3. The third kappa shape index (κ3) is 3.75. The average molecular weight is 319 g/mol. The molecule has 0 bridgehead atoms. The van der Waals surface area contributed by atoms with Crippen LogP contribution in [0.3, 0.4) is 0 Å². The van der Waals surface area contributed by atoms with Gasteiger partial charge >= 0.3 is 6.18 Å². The number of oxime groups is 1. The summed E-state index contributed by atoms with van der Waals surface area (Å²) in [5.41, 5.74) is 6.38. The molecule has 1 aromatic rings. The Morgan fingerprint density at radius 2 is 2.14 bits per heavy atom. The first-order valence-corrected chi connectivity index (χ1v) is 7.58. The summed E-state index contributed by atoms with van der Waals surface area (Å²) >= 11 is 1.34. The number of rotatable bonds is 5. The van der Waals surface area contributed by atoms with E-state index in [4.69, 9.17) is 10.9 Å². The molecule has 4 nitrogen and oxygen atoms in total. The molecule has 0 unspecified atom stereocenters. The van der Waals surface area contributed by atoms with E-state index in [-0.39, 0.29) is 11.9 Å². The Kier molecular flexibility index (Phi) is 4.55. The molecule has 0 saturated heterocycles. The highest BCUT2D eigenvalue weighted by Gasteiger charge is 2.39. The van der Waals surface area contributed by atoms with Crippen molar-refractivity contribution in [3.05, 3.63) is 23.8 Å². The highest BCUT2D eigenvalue weighted by atomic mass is 32.2. The zero-order valence-corrected chi connectivity index (χ0v) is 12.2. The molecule has 0 amide bonds. The molecule has 3 N–H and O–H groups in total. The Morgan fingerprint density at radius 1 is 1.48 bits per heavy atom. The van der Waals surface area contributed by atoms with Crippen LogP contribution in [0.25, 0.3) is 0 Å². The van der Waals surface area contributed by atoms with E-state index in [0.717, 1.165) is 12.8 Å². The van der Waals surface area contributed by atoms with Crippen LogP contribution in [0, 0.1) is 0 Å². The Labute approximate surface area is 124 Å². The molecule has 8 heteroatoms. The largest absolute Gasteiger partial charge is 0.409 e. The molecule has 0 atom stereocenters. The van der Waals surface area contributed by atoms with Crippen molar-refractivity contribution in [2.24, 2.45) is 10.9 Å². The van der Waals surface area contributed by atoms with E-state index < -0.39 is 12.7 Å². The molecule has 0 heterocycles. The number of anilines is 1. The van der Waals surface area contributed by atoms with Gasteiger partial charge in [-0.05, 0) is 31.2 Å². The van der Waals surface area contributed by atoms with E-state index in [0.29, 0.717) is 16.1 Å². The summed E-state index contributed by atoms with van der Waals surface area (Å²) in [5.74, 6) is -0.178. The molecule has 0 aromatic heterocycles. The molecule has 1 fully saturated rings. The van der Waals surface area contributed by atoms with Crippen molar-refractivity contribution in [3.63, 3.8) is 0 Å². The van der Waals surface area contributed by atoms with E-state index in [1.165, 1.54) is 16.7 Å². The molecule has 1 aliphatic rings. The fraction of sp³-hybridized carbons (Fsp3) is 0.462. The Hall–Kier alpha value is -1.57. The summed E-state index contributed by atoms with van der Waals surface area (Å²) in [6.07, 6.45) is -1.08. The summed E-state index contributed by atoms with van der Waals surface area (Å²) in [6.45, 7) is -1.04. The van der Waals surface area contributed by atoms with E-state index in [1.54, 1.807) is 24.5 Å². The van der Waals surface area contributed by atoms with Crippen LogP contribution in [-0.4, -0.2) is 36.1 Å². The zero-order valence-electron chi connectivity index (χ0n) is 11.4. The second-order valence-electron chi connectivity index (χ2n) is 4.81. The second-order valence-corrected chi connectivity index (χ2v) is 5.66. The lowest BCUT2D eigenvalue weighted by Crippen LogP contribution is -2.37. The van der Waals surface area contributed by atoms with Gasteiger partial charge in [0, 0.05) is 16.6 Å². The summed E-state index contributed by atoms with van der Waals surface area (Å²) in [4.78, 5) is 1.98. The molecule has 0 spiro atoms. The number of hydrogen-bond acceptors (Lipinski definition) is 4. The van der Waals surface area contributed by atoms with Crippen molar-refractivity contribution < 1.29 is 18.4 Å². The minimum absolute atomic E-state index is 0.144. The summed E-state index contributed by atoms with van der Waals surface area (Å²) in [6, 6.07) is 4.85. The summed E-state index contributed by atoms with van der Waals surface area (Å²) < 4.78 is 38.5. The van der Waals surface area contributed by atoms with Gasteiger partial charge < -0.3 is 15.8 Å². The predicted octanol–water partition coefficient (Wildman–Crippen LogP) is 3.03. The average Bonchev–Trinajstić information content (AvgIpc) is 3.26. The standard InChI is InChI=1S/C13H16F3N3OS/c1-21-10-4-2-3-9(11(10)12(17)18-20)19(8-5-6-8)7-13(14,15)16/h2-4,8,20H,5-7H2,1H3,(H2,17,18). The SMILES string of the molecule is CSc1cccc(N(CC(F)(F)F)C2CC2)c1/C(N)=N/O. The molecule has 0 radical (unpaired) electrons. The van der Waals surface area contributed by atoms with Gasteiger partial charge in [0.05, 0.1) is 5.56 Å². The number of hydrogen-bond donors (Lipinski definition) is 2. The topological polar surface area (TPSA) is 61.8 Å². The molecular weight excluding hydrogens is 303 g/mol. The molecule has 1 aliphatic carbocycles. The quantitative estimate of drug-likeness (QED) is 0.288. The number of benzene rings is 1. The number of nitrogens with zero attached hydrogens (tertiary/aromatic N) is 2. The molecule has 2 rings (SSSR count). The normalized spacial score (nSPS) is 16.1. The highest BCUT2D eigenvalue weighted by Crippen LogP contribution is 2.38. The maximum Gasteiger partial charge on any atom is 0.405 e. The van der Waals surface area contributed by atoms with Crippen molar-refractivity contribution in [2.75, 3.05) is 17.7 Å². The highest BCUT2D eigenvalue weighted by molar-refractivity contribution is 7.98. The minimum Gasteiger partial charge on any atom is -0.409 e. The second kappa shape index (κ2) is 6.05. The lowest BCUT2D eigenvalue weighted by atomic mass is 10.1. The first-order chi connectivity index (χ1) is 9.87. The van der Waals surface area contributed by atoms with Crippen molar-refractivity contribution in [1.82, 2.24) is 0 Å². The summed E-state index contributed by atoms with van der Waals surface area (Å²) in [5, 5.41) is 11.9. The van der Waals surface area contributed by atoms with Gasteiger partial charge in [0.1, 0.15) is 6.54 Å². The number of halogens is 3. The van der Waals surface area contributed by atoms with Gasteiger partial charge in [-0.15, -0.1) is 11.8 Å². The van der Waals surface area contributed by atoms with Gasteiger partial charge in [-0.1, -0.05) is 11.2 Å². The van der Waals surface area contributed by atoms with Gasteiger partial charge in [-0.25, -0.2) is 0 Å². The Bertz CT molecular complexity index is 544. The monoisotopic (exact) mass is 319 g/mol. The van der Waals surface area contributed by atoms with Crippen molar-refractivity contribution in [3.8, 4) is 0 Å². The number of thioether (sulfide) groups is 1. The van der Waals surface area contributed by atoms with E-state index in [9.17, 15) is 13.2 Å². The third-order valence-electron chi connectivity index (χ3n) is 3.23. The van der Waals surface area contributed by atoms with E-state index >= 15 is 0 Å². The van der Waals surface area contributed by atoms with Gasteiger partial charge in [-0.2, -0.15) is 13.2 Å². The Balaban J connectivity index is 2.49. The van der Waals surface area contributed by atoms with Gasteiger partial charge in [0.15, 0.2) is 5.84 Å². The van der Waals surface area contributed by atoms with Crippen LogP contribution in [0.5, 0.6) is 0 Å². The van der Waals surface area contributed by atoms with Crippen LogP contribution in [0.15, 0.2) is 28.3 Å². The molecule has 21 heavy (non-hydrogen) atoms. The fourth-order valence-corrected chi connectivity index (χ4v) is 2.85. The number of nitrogens with two attached hydrogens (primary N) is 1. The van der Waals surface area contributed by atoms with Crippen LogP contribution in [-0.2, 0) is 0 Å². The first kappa shape index (κ1) is 15.8. The predicted molar refractivity (Wildman–Crippen MR) is 77.2 cm³/mol. The maximum absolute atomic E-state index is 12.8. The van der Waals surface area contributed by atoms with Crippen LogP contribution >= 0.6 is 11.8 Å². The van der Waals surface area contributed by atoms with Gasteiger partial charge in [0.2, 0.25) is 0 Å². The van der Waals surface area contributed by atoms with E-state index in [2.05, 4.69) is 5.16 Å². The van der Waals surface area contributed by atoms with Gasteiger partial charge in [-0.3, -0.25) is 0 Å². The van der Waals surface area contributed by atoms with Crippen LogP contribution < -0.4 is 10.6 Å². The third-order valence-corrected chi connectivity index (χ3v) is 4.01. The van der Waals surface area contributed by atoms with Crippen molar-refractivity contribution >= 4 is 23.3 Å². The molecule has 0 aliphatic heterocycles. The molecular formula is C13H16F3N3OS. The molecule has 1 aromatic carbocycles. The van der Waals surface area contributed by atoms with Crippen LogP contribution in [0.4, 0.5) is 18.9 Å². The van der Waals surface area contributed by atoms with Crippen LogP contribution in [0.2, 0.25) is 0 Å². The lowest BCUT2D eigenvalue weighted by molar-refractivity contribution is -0.120. The van der Waals surface area contributed by atoms with Crippen molar-refractivity contribution in [2.45, 2.75) is 30.0 Å². The maximum atomic E-state index is 12.8. The van der Waals surface area contributed by atoms with Gasteiger partial charge in [0.25, 0.3) is 0 Å². The van der Waals surface area contributed by atoms with Crippen molar-refractivity contribution in [1.29, 1.82) is 0 Å². The first-order valence-electron chi connectivity index (χ1n) is 6.35. The zero-order chi connectivity index (χ0) is 15.6. The molecule has 1 saturated carbocycles. The lowest BCUT2D eigenvalue weighted by Gasteiger charge is -2.28.